The van der Waals surface area contributed by atoms with Crippen molar-refractivity contribution in [2.24, 2.45) is 11.8 Å². The highest BCUT2D eigenvalue weighted by molar-refractivity contribution is 6.06. The van der Waals surface area contributed by atoms with Crippen LogP contribution in [-0.2, 0) is 25.7 Å². The van der Waals surface area contributed by atoms with Gasteiger partial charge in [0.05, 0.1) is 18.4 Å². The van der Waals surface area contributed by atoms with Gasteiger partial charge in [-0.25, -0.2) is 0 Å². The molecule has 2 amide bonds. The summed E-state index contributed by atoms with van der Waals surface area (Å²) in [6.07, 6.45) is 0.0230. The van der Waals surface area contributed by atoms with Crippen LogP contribution in [0.25, 0.3) is 0 Å². The van der Waals surface area contributed by atoms with E-state index in [4.69, 9.17) is 4.74 Å². The summed E-state index contributed by atoms with van der Waals surface area (Å²) < 4.78 is 5.08. The zero-order valence-electron chi connectivity index (χ0n) is 11.1. The molecular formula is C15H15NO4. The number of amides is 2. The van der Waals surface area contributed by atoms with Gasteiger partial charge in [-0.05, 0) is 12.0 Å². The van der Waals surface area contributed by atoms with Crippen molar-refractivity contribution in [2.45, 2.75) is 26.0 Å². The van der Waals surface area contributed by atoms with E-state index in [1.807, 2.05) is 30.3 Å². The molecule has 0 bridgehead atoms. The van der Waals surface area contributed by atoms with Gasteiger partial charge in [0.2, 0.25) is 11.8 Å². The molecule has 3 rings (SSSR count). The van der Waals surface area contributed by atoms with E-state index in [0.29, 0.717) is 6.42 Å². The number of ether oxygens (including phenoxy) is 1. The fourth-order valence-corrected chi connectivity index (χ4v) is 2.94. The third kappa shape index (κ3) is 1.99. The lowest BCUT2D eigenvalue weighted by Crippen LogP contribution is -2.45. The number of esters is 1. The second-order valence-electron chi connectivity index (χ2n) is 5.26. The van der Waals surface area contributed by atoms with E-state index < -0.39 is 18.0 Å². The summed E-state index contributed by atoms with van der Waals surface area (Å²) in [5, 5.41) is 0. The van der Waals surface area contributed by atoms with Crippen molar-refractivity contribution in [1.82, 2.24) is 4.90 Å². The first kappa shape index (κ1) is 12.8. The second-order valence-corrected chi connectivity index (χ2v) is 5.26. The molecule has 1 aromatic carbocycles. The minimum Gasteiger partial charge on any atom is -0.462 e. The largest absolute Gasteiger partial charge is 0.462 e. The van der Waals surface area contributed by atoms with Crippen LogP contribution in [-0.4, -0.2) is 28.8 Å². The van der Waals surface area contributed by atoms with E-state index in [-0.39, 0.29) is 24.3 Å². The van der Waals surface area contributed by atoms with Crippen LogP contribution in [0.2, 0.25) is 0 Å². The molecule has 0 aromatic heterocycles. The summed E-state index contributed by atoms with van der Waals surface area (Å²) in [6.45, 7) is 1.61. The maximum atomic E-state index is 12.3. The highest BCUT2D eigenvalue weighted by Crippen LogP contribution is 2.44. The Hall–Kier alpha value is -2.17. The third-order valence-corrected chi connectivity index (χ3v) is 3.96. The monoisotopic (exact) mass is 273 g/mol. The Bertz CT molecular complexity index is 568. The first-order valence-corrected chi connectivity index (χ1v) is 6.64. The van der Waals surface area contributed by atoms with Crippen LogP contribution in [0, 0.1) is 11.8 Å². The Morgan fingerprint density at radius 3 is 2.60 bits per heavy atom. The lowest BCUT2D eigenvalue weighted by Gasteiger charge is -2.35. The number of nitrogens with zero attached hydrogens (tertiary/aromatic N) is 1. The van der Waals surface area contributed by atoms with Crippen LogP contribution in [0.5, 0.6) is 0 Å². The van der Waals surface area contributed by atoms with Gasteiger partial charge >= 0.3 is 5.97 Å². The van der Waals surface area contributed by atoms with Crippen LogP contribution >= 0.6 is 0 Å². The Morgan fingerprint density at radius 1 is 1.25 bits per heavy atom. The van der Waals surface area contributed by atoms with Crippen molar-refractivity contribution in [3.63, 3.8) is 0 Å². The molecule has 0 unspecified atom stereocenters. The van der Waals surface area contributed by atoms with Crippen molar-refractivity contribution >= 4 is 17.8 Å². The second kappa shape index (κ2) is 4.74. The molecule has 1 heterocycles. The molecule has 5 nitrogen and oxygen atoms in total. The highest BCUT2D eigenvalue weighted by atomic mass is 16.5. The standard InChI is InChI=1S/C15H15NO4/c1-9(17)20-12-7-11-13(12)15(19)16(14(11)18)8-10-5-3-2-4-6-10/h2-6,11-13H,7-8H2,1H3/t11-,12+,13-/m1/s1. The molecule has 0 N–H and O–H groups in total. The molecule has 0 radical (unpaired) electrons. The summed E-state index contributed by atoms with van der Waals surface area (Å²) in [5.74, 6) is -1.56. The maximum Gasteiger partial charge on any atom is 0.302 e. The van der Waals surface area contributed by atoms with E-state index >= 15 is 0 Å². The van der Waals surface area contributed by atoms with Gasteiger partial charge in [0.15, 0.2) is 0 Å². The number of rotatable bonds is 3. The average Bonchev–Trinajstić information content (AvgIpc) is 2.57. The summed E-state index contributed by atoms with van der Waals surface area (Å²) in [4.78, 5) is 36.7. The van der Waals surface area contributed by atoms with Crippen LogP contribution in [0.1, 0.15) is 18.9 Å². The molecule has 2 fully saturated rings. The lowest BCUT2D eigenvalue weighted by molar-refractivity contribution is -0.163. The number of hydrogen-bond donors (Lipinski definition) is 0. The Morgan fingerprint density at radius 2 is 1.95 bits per heavy atom. The highest BCUT2D eigenvalue weighted by Gasteiger charge is 2.59. The predicted octanol–water partition coefficient (Wildman–Crippen LogP) is 1.12. The molecule has 5 heteroatoms. The molecule has 0 spiro atoms. The minimum absolute atomic E-state index is 0.146. The number of carbonyl (C=O) groups is 3. The van der Waals surface area contributed by atoms with Crippen LogP contribution < -0.4 is 0 Å². The molecule has 1 aliphatic heterocycles. The predicted molar refractivity (Wildman–Crippen MR) is 69.2 cm³/mol. The molecular weight excluding hydrogens is 258 g/mol. The lowest BCUT2D eigenvalue weighted by atomic mass is 9.72. The Labute approximate surface area is 116 Å². The fourth-order valence-electron chi connectivity index (χ4n) is 2.94. The Kier molecular flexibility index (Phi) is 3.04. The van der Waals surface area contributed by atoms with E-state index in [1.54, 1.807) is 0 Å². The number of fused-ring (bicyclic) bond motifs is 1. The molecule has 104 valence electrons. The van der Waals surface area contributed by atoms with Crippen molar-refractivity contribution in [2.75, 3.05) is 0 Å². The van der Waals surface area contributed by atoms with Gasteiger partial charge in [0.1, 0.15) is 6.10 Å². The van der Waals surface area contributed by atoms with Gasteiger partial charge in [-0.1, -0.05) is 30.3 Å². The van der Waals surface area contributed by atoms with Gasteiger partial charge in [0, 0.05) is 6.92 Å². The van der Waals surface area contributed by atoms with Crippen LogP contribution in [0.15, 0.2) is 30.3 Å². The topological polar surface area (TPSA) is 63.7 Å². The van der Waals surface area contributed by atoms with Gasteiger partial charge in [-0.2, -0.15) is 0 Å². The van der Waals surface area contributed by atoms with Gasteiger partial charge in [0.25, 0.3) is 0 Å². The summed E-state index contributed by atoms with van der Waals surface area (Å²) in [7, 11) is 0. The smallest absolute Gasteiger partial charge is 0.302 e. The minimum atomic E-state index is -0.477. The first-order valence-electron chi connectivity index (χ1n) is 6.64. The van der Waals surface area contributed by atoms with E-state index in [9.17, 15) is 14.4 Å². The van der Waals surface area contributed by atoms with E-state index in [1.165, 1.54) is 11.8 Å². The number of likely N-dealkylation sites (tertiary alicyclic amines) is 1. The summed E-state index contributed by atoms with van der Waals surface area (Å²) >= 11 is 0. The normalized spacial score (nSPS) is 28.1. The SMILES string of the molecule is CC(=O)O[C@H]1C[C@H]2C(=O)N(Cc3ccccc3)C(=O)[C@@H]12. The average molecular weight is 273 g/mol. The zero-order valence-corrected chi connectivity index (χ0v) is 11.1. The molecule has 20 heavy (non-hydrogen) atoms. The van der Waals surface area contributed by atoms with Gasteiger partial charge < -0.3 is 4.74 Å². The molecule has 2 aliphatic rings. The summed E-state index contributed by atoms with van der Waals surface area (Å²) in [5.41, 5.74) is 0.916. The maximum absolute atomic E-state index is 12.3. The van der Waals surface area contributed by atoms with Crippen molar-refractivity contribution in [3.8, 4) is 0 Å². The van der Waals surface area contributed by atoms with Crippen molar-refractivity contribution in [1.29, 1.82) is 0 Å². The van der Waals surface area contributed by atoms with E-state index in [2.05, 4.69) is 0 Å². The number of hydrogen-bond acceptors (Lipinski definition) is 4. The molecule has 3 atom stereocenters. The fraction of sp³-hybridized carbons (Fsp3) is 0.400. The molecule has 1 aromatic rings. The van der Waals surface area contributed by atoms with E-state index in [0.717, 1.165) is 5.56 Å². The first-order chi connectivity index (χ1) is 9.58. The molecule has 1 saturated carbocycles. The van der Waals surface area contributed by atoms with Crippen LogP contribution in [0.3, 0.4) is 0 Å². The quantitative estimate of drug-likeness (QED) is 0.611. The Balaban J connectivity index is 1.73. The van der Waals surface area contributed by atoms with Crippen molar-refractivity contribution < 1.29 is 19.1 Å². The number of benzene rings is 1. The zero-order chi connectivity index (χ0) is 14.3. The van der Waals surface area contributed by atoms with Crippen molar-refractivity contribution in [3.05, 3.63) is 35.9 Å². The molecule has 1 aliphatic carbocycles. The summed E-state index contributed by atoms with van der Waals surface area (Å²) in [6, 6.07) is 9.39. The van der Waals surface area contributed by atoms with Crippen LogP contribution in [0.4, 0.5) is 0 Å². The third-order valence-electron chi connectivity index (χ3n) is 3.96. The van der Waals surface area contributed by atoms with Gasteiger partial charge in [-0.3, -0.25) is 19.3 Å². The number of carbonyl (C=O) groups excluding carboxylic acids is 3. The molecule has 1 saturated heterocycles. The number of imide groups is 1. The van der Waals surface area contributed by atoms with Gasteiger partial charge in [-0.15, -0.1) is 0 Å².